The van der Waals surface area contributed by atoms with E-state index in [4.69, 9.17) is 4.74 Å². The first-order valence-electron chi connectivity index (χ1n) is 4.31. The zero-order valence-corrected chi connectivity index (χ0v) is 7.09. The number of ketones is 1. The summed E-state index contributed by atoms with van der Waals surface area (Å²) < 4.78 is 5.75. The van der Waals surface area contributed by atoms with Gasteiger partial charge < -0.3 is 4.74 Å². The second-order valence-electron chi connectivity index (χ2n) is 4.08. The Bertz CT molecular complexity index is 200. The Balaban J connectivity index is 2.23. The second kappa shape index (κ2) is 2.07. The molecule has 2 bridgehead atoms. The van der Waals surface area contributed by atoms with Crippen molar-refractivity contribution in [2.24, 2.45) is 5.92 Å². The molecule has 11 heavy (non-hydrogen) atoms. The number of fused-ring (bicyclic) bond motifs is 2. The minimum Gasteiger partial charge on any atom is -0.371 e. The maximum absolute atomic E-state index is 11.4. The summed E-state index contributed by atoms with van der Waals surface area (Å²) >= 11 is 0. The Morgan fingerprint density at radius 1 is 1.64 bits per heavy atom. The molecule has 2 aliphatic rings. The average Bonchev–Trinajstić information content (AvgIpc) is 2.25. The molecular weight excluding hydrogens is 140 g/mol. The van der Waals surface area contributed by atoms with Crippen molar-refractivity contribution in [3.05, 3.63) is 0 Å². The molecule has 2 rings (SSSR count). The van der Waals surface area contributed by atoms with Gasteiger partial charge in [-0.15, -0.1) is 0 Å². The Kier molecular flexibility index (Phi) is 1.37. The van der Waals surface area contributed by atoms with Crippen LogP contribution in [-0.4, -0.2) is 17.5 Å². The highest BCUT2D eigenvalue weighted by molar-refractivity contribution is 5.83. The van der Waals surface area contributed by atoms with Gasteiger partial charge in [-0.2, -0.15) is 0 Å². The quantitative estimate of drug-likeness (QED) is 0.529. The van der Waals surface area contributed by atoms with Crippen molar-refractivity contribution >= 4 is 5.78 Å². The van der Waals surface area contributed by atoms with Gasteiger partial charge in [0.2, 0.25) is 0 Å². The Morgan fingerprint density at radius 3 is 3.09 bits per heavy atom. The summed E-state index contributed by atoms with van der Waals surface area (Å²) in [6.07, 6.45) is 2.99. The Hall–Kier alpha value is -0.370. The van der Waals surface area contributed by atoms with Crippen LogP contribution in [0.3, 0.4) is 0 Å². The third-order valence-corrected chi connectivity index (χ3v) is 3.01. The van der Waals surface area contributed by atoms with Crippen molar-refractivity contribution in [2.75, 3.05) is 0 Å². The van der Waals surface area contributed by atoms with Gasteiger partial charge >= 0.3 is 0 Å². The first kappa shape index (κ1) is 7.29. The monoisotopic (exact) mass is 154 g/mol. The third-order valence-electron chi connectivity index (χ3n) is 3.01. The van der Waals surface area contributed by atoms with E-state index in [0.717, 1.165) is 12.8 Å². The van der Waals surface area contributed by atoms with Gasteiger partial charge in [-0.05, 0) is 19.8 Å². The summed E-state index contributed by atoms with van der Waals surface area (Å²) in [7, 11) is 0. The molecule has 0 aromatic heterocycles. The summed E-state index contributed by atoms with van der Waals surface area (Å²) in [6, 6.07) is 0. The molecule has 3 atom stereocenters. The number of carbonyl (C=O) groups is 1. The molecule has 0 unspecified atom stereocenters. The summed E-state index contributed by atoms with van der Waals surface area (Å²) in [5.41, 5.74) is -0.103. The fourth-order valence-electron chi connectivity index (χ4n) is 2.15. The van der Waals surface area contributed by atoms with Crippen LogP contribution in [0.1, 0.15) is 33.1 Å². The SMILES string of the molecule is C[C@H]1C(=O)C[C@]2(C)CC[C@H]1O2. The van der Waals surface area contributed by atoms with E-state index in [1.54, 1.807) is 0 Å². The van der Waals surface area contributed by atoms with Crippen LogP contribution in [0.4, 0.5) is 0 Å². The van der Waals surface area contributed by atoms with Crippen LogP contribution in [0, 0.1) is 5.92 Å². The fraction of sp³-hybridized carbons (Fsp3) is 0.889. The van der Waals surface area contributed by atoms with E-state index in [0.29, 0.717) is 12.2 Å². The molecule has 0 spiro atoms. The van der Waals surface area contributed by atoms with Crippen molar-refractivity contribution < 1.29 is 9.53 Å². The summed E-state index contributed by atoms with van der Waals surface area (Å²) in [4.78, 5) is 11.4. The van der Waals surface area contributed by atoms with E-state index in [9.17, 15) is 4.79 Å². The van der Waals surface area contributed by atoms with E-state index in [1.165, 1.54) is 0 Å². The molecule has 2 aliphatic heterocycles. The lowest BCUT2D eigenvalue weighted by Gasteiger charge is -2.32. The van der Waals surface area contributed by atoms with Crippen molar-refractivity contribution in [1.29, 1.82) is 0 Å². The molecule has 0 amide bonds. The van der Waals surface area contributed by atoms with Crippen LogP contribution in [-0.2, 0) is 9.53 Å². The number of Topliss-reactive ketones (excluding diaryl/α,β-unsaturated/α-hetero) is 1. The maximum Gasteiger partial charge on any atom is 0.141 e. The molecule has 0 aromatic carbocycles. The highest BCUT2D eigenvalue weighted by atomic mass is 16.5. The van der Waals surface area contributed by atoms with Gasteiger partial charge in [0.1, 0.15) is 5.78 Å². The molecule has 62 valence electrons. The minimum absolute atomic E-state index is 0.103. The lowest BCUT2D eigenvalue weighted by Crippen LogP contribution is -2.40. The number of ether oxygens (including phenoxy) is 1. The van der Waals surface area contributed by atoms with Crippen molar-refractivity contribution in [3.63, 3.8) is 0 Å². The number of hydrogen-bond acceptors (Lipinski definition) is 2. The smallest absolute Gasteiger partial charge is 0.141 e. The molecule has 0 saturated carbocycles. The first-order chi connectivity index (χ1) is 5.11. The topological polar surface area (TPSA) is 26.3 Å². The minimum atomic E-state index is -0.103. The van der Waals surface area contributed by atoms with Crippen LogP contribution >= 0.6 is 0 Å². The van der Waals surface area contributed by atoms with Gasteiger partial charge in [0.25, 0.3) is 0 Å². The van der Waals surface area contributed by atoms with E-state index in [-0.39, 0.29) is 17.6 Å². The zero-order valence-electron chi connectivity index (χ0n) is 7.09. The molecule has 2 fully saturated rings. The zero-order chi connectivity index (χ0) is 8.06. The molecule has 2 nitrogen and oxygen atoms in total. The lowest BCUT2D eigenvalue weighted by atomic mass is 9.91. The summed E-state index contributed by atoms with van der Waals surface area (Å²) in [5, 5.41) is 0. The standard InChI is InChI=1S/C9H14O2/c1-6-7(10)5-9(2)4-3-8(6)11-9/h6,8H,3-5H2,1-2H3/t6-,8+,9-/m0/s1. The summed E-state index contributed by atoms with van der Waals surface area (Å²) in [6.45, 7) is 4.04. The van der Waals surface area contributed by atoms with Gasteiger partial charge in [0.15, 0.2) is 0 Å². The van der Waals surface area contributed by atoms with Crippen LogP contribution in [0.25, 0.3) is 0 Å². The second-order valence-corrected chi connectivity index (χ2v) is 4.08. The molecule has 2 heterocycles. The Labute approximate surface area is 66.9 Å². The van der Waals surface area contributed by atoms with Gasteiger partial charge in [0, 0.05) is 12.3 Å². The van der Waals surface area contributed by atoms with Crippen molar-refractivity contribution in [3.8, 4) is 0 Å². The van der Waals surface area contributed by atoms with Gasteiger partial charge in [-0.25, -0.2) is 0 Å². The maximum atomic E-state index is 11.4. The van der Waals surface area contributed by atoms with Crippen molar-refractivity contribution in [1.82, 2.24) is 0 Å². The lowest BCUT2D eigenvalue weighted by molar-refractivity contribution is -0.147. The van der Waals surface area contributed by atoms with Gasteiger partial charge in [-0.1, -0.05) is 6.92 Å². The fourth-order valence-corrected chi connectivity index (χ4v) is 2.15. The molecule has 0 N–H and O–H groups in total. The third kappa shape index (κ3) is 1.00. The molecule has 0 radical (unpaired) electrons. The van der Waals surface area contributed by atoms with E-state index in [1.807, 2.05) is 6.92 Å². The summed E-state index contributed by atoms with van der Waals surface area (Å²) in [5.74, 6) is 0.534. The normalized spacial score (nSPS) is 49.8. The van der Waals surface area contributed by atoms with E-state index < -0.39 is 0 Å². The number of rotatable bonds is 0. The molecule has 2 heteroatoms. The Morgan fingerprint density at radius 2 is 2.36 bits per heavy atom. The van der Waals surface area contributed by atoms with Crippen LogP contribution in [0.2, 0.25) is 0 Å². The van der Waals surface area contributed by atoms with E-state index in [2.05, 4.69) is 6.92 Å². The molecule has 2 saturated heterocycles. The van der Waals surface area contributed by atoms with E-state index >= 15 is 0 Å². The molecular formula is C9H14O2. The van der Waals surface area contributed by atoms with Gasteiger partial charge in [0.05, 0.1) is 11.7 Å². The first-order valence-corrected chi connectivity index (χ1v) is 4.31. The predicted octanol–water partition coefficient (Wildman–Crippen LogP) is 1.53. The van der Waals surface area contributed by atoms with Crippen LogP contribution in [0.5, 0.6) is 0 Å². The highest BCUT2D eigenvalue weighted by Crippen LogP contribution is 2.41. The molecule has 0 aromatic rings. The highest BCUT2D eigenvalue weighted by Gasteiger charge is 2.46. The largest absolute Gasteiger partial charge is 0.371 e. The van der Waals surface area contributed by atoms with Crippen molar-refractivity contribution in [2.45, 2.75) is 44.8 Å². The number of hydrogen-bond donors (Lipinski definition) is 0. The van der Waals surface area contributed by atoms with Crippen LogP contribution in [0.15, 0.2) is 0 Å². The average molecular weight is 154 g/mol. The number of carbonyl (C=O) groups excluding carboxylic acids is 1. The molecule has 0 aliphatic carbocycles. The van der Waals surface area contributed by atoms with Gasteiger partial charge in [-0.3, -0.25) is 4.79 Å². The van der Waals surface area contributed by atoms with Crippen LogP contribution < -0.4 is 0 Å². The predicted molar refractivity (Wildman–Crippen MR) is 41.3 cm³/mol.